The van der Waals surface area contributed by atoms with Gasteiger partial charge >= 0.3 is 0 Å². The molecule has 1 fully saturated rings. The van der Waals surface area contributed by atoms with Crippen LogP contribution in [0.4, 0.5) is 4.39 Å². The summed E-state index contributed by atoms with van der Waals surface area (Å²) in [6.45, 7) is 2.08. The first-order valence-corrected chi connectivity index (χ1v) is 12.1. The molecular weight excluding hydrogens is 435 g/mol. The number of nitrogens with zero attached hydrogens (tertiary/aromatic N) is 1. The molecule has 31 heavy (non-hydrogen) atoms. The molecule has 1 unspecified atom stereocenters. The zero-order valence-corrected chi connectivity index (χ0v) is 19.2. The number of rotatable bonds is 9. The summed E-state index contributed by atoms with van der Waals surface area (Å²) in [6, 6.07) is 13.4. The number of thioether (sulfide) groups is 1. The van der Waals surface area contributed by atoms with Crippen LogP contribution in [0.5, 0.6) is 0 Å². The maximum Gasteiger partial charge on any atom is 0.242 e. The first-order valence-electron chi connectivity index (χ1n) is 10.6. The third kappa shape index (κ3) is 6.97. The number of hydrogen-bond acceptors (Lipinski definition) is 3. The van der Waals surface area contributed by atoms with E-state index in [2.05, 4.69) is 5.32 Å². The van der Waals surface area contributed by atoms with Crippen LogP contribution in [-0.2, 0) is 21.9 Å². The maximum atomic E-state index is 13.8. The van der Waals surface area contributed by atoms with E-state index in [1.54, 1.807) is 42.2 Å². The number of amides is 2. The summed E-state index contributed by atoms with van der Waals surface area (Å²) in [5.41, 5.74) is 1.47. The van der Waals surface area contributed by atoms with E-state index in [9.17, 15) is 14.0 Å². The standard InChI is InChI=1S/C24H28ClFN2O2S/c1-17(24(30)27-21-7-3-4-8-21)28(14-18-10-12-20(25)13-11-18)23(29)16-31-15-19-6-2-5-9-22(19)26/h2,5-6,9-13,17,21H,3-4,7-8,14-16H2,1H3,(H,27,30). The molecule has 0 spiro atoms. The SMILES string of the molecule is CC(C(=O)NC1CCCC1)N(Cc1ccc(Cl)cc1)C(=O)CSCc1ccccc1F. The average Bonchev–Trinajstić information content (AvgIpc) is 3.27. The summed E-state index contributed by atoms with van der Waals surface area (Å²) < 4.78 is 13.8. The first-order chi connectivity index (χ1) is 14.9. The van der Waals surface area contributed by atoms with Gasteiger partial charge < -0.3 is 10.2 Å². The Morgan fingerprint density at radius 3 is 2.52 bits per heavy atom. The Bertz CT molecular complexity index is 887. The number of benzene rings is 2. The molecule has 7 heteroatoms. The molecule has 1 aliphatic rings. The van der Waals surface area contributed by atoms with Gasteiger partial charge in [-0.2, -0.15) is 0 Å². The molecule has 4 nitrogen and oxygen atoms in total. The van der Waals surface area contributed by atoms with E-state index in [-0.39, 0.29) is 29.4 Å². The Morgan fingerprint density at radius 1 is 1.16 bits per heavy atom. The second kappa shape index (κ2) is 11.5. The fourth-order valence-corrected chi connectivity index (χ4v) is 4.73. The molecule has 0 heterocycles. The van der Waals surface area contributed by atoms with Crippen molar-refractivity contribution in [2.75, 3.05) is 5.75 Å². The Balaban J connectivity index is 1.65. The highest BCUT2D eigenvalue weighted by atomic mass is 35.5. The van der Waals surface area contributed by atoms with Crippen LogP contribution in [0.15, 0.2) is 48.5 Å². The van der Waals surface area contributed by atoms with Gasteiger partial charge in [0.2, 0.25) is 11.8 Å². The normalized spacial score (nSPS) is 14.9. The van der Waals surface area contributed by atoms with Crippen molar-refractivity contribution in [1.29, 1.82) is 0 Å². The molecule has 1 N–H and O–H groups in total. The van der Waals surface area contributed by atoms with Crippen LogP contribution in [0.3, 0.4) is 0 Å². The lowest BCUT2D eigenvalue weighted by atomic mass is 10.1. The molecule has 0 bridgehead atoms. The van der Waals surface area contributed by atoms with E-state index in [0.717, 1.165) is 31.2 Å². The number of nitrogens with one attached hydrogen (secondary N) is 1. The molecule has 0 radical (unpaired) electrons. The van der Waals surface area contributed by atoms with Gasteiger partial charge in [0.05, 0.1) is 5.75 Å². The maximum absolute atomic E-state index is 13.8. The minimum Gasteiger partial charge on any atom is -0.352 e. The monoisotopic (exact) mass is 462 g/mol. The van der Waals surface area contributed by atoms with E-state index >= 15 is 0 Å². The fraction of sp³-hybridized carbons (Fsp3) is 0.417. The number of carbonyl (C=O) groups excluding carboxylic acids is 2. The molecule has 3 rings (SSSR count). The van der Waals surface area contributed by atoms with Crippen LogP contribution < -0.4 is 5.32 Å². The van der Waals surface area contributed by atoms with Crippen molar-refractivity contribution < 1.29 is 14.0 Å². The van der Waals surface area contributed by atoms with E-state index in [0.29, 0.717) is 22.9 Å². The van der Waals surface area contributed by atoms with Crippen LogP contribution in [0.25, 0.3) is 0 Å². The second-order valence-corrected chi connectivity index (χ2v) is 9.32. The lowest BCUT2D eigenvalue weighted by Crippen LogP contribution is -2.50. The Hall–Kier alpha value is -2.05. The highest BCUT2D eigenvalue weighted by Gasteiger charge is 2.28. The van der Waals surface area contributed by atoms with Crippen molar-refractivity contribution in [3.8, 4) is 0 Å². The minimum atomic E-state index is -0.599. The summed E-state index contributed by atoms with van der Waals surface area (Å²) >= 11 is 7.33. The van der Waals surface area contributed by atoms with E-state index in [1.807, 2.05) is 12.1 Å². The van der Waals surface area contributed by atoms with Gasteiger partial charge in [-0.05, 0) is 49.1 Å². The highest BCUT2D eigenvalue weighted by molar-refractivity contribution is 7.99. The van der Waals surface area contributed by atoms with Gasteiger partial charge in [-0.1, -0.05) is 54.8 Å². The van der Waals surface area contributed by atoms with Gasteiger partial charge in [-0.3, -0.25) is 9.59 Å². The summed E-state index contributed by atoms with van der Waals surface area (Å²) in [4.78, 5) is 27.5. The van der Waals surface area contributed by atoms with E-state index in [4.69, 9.17) is 11.6 Å². The van der Waals surface area contributed by atoms with Crippen LogP contribution in [0.1, 0.15) is 43.7 Å². The average molecular weight is 463 g/mol. The van der Waals surface area contributed by atoms with E-state index in [1.165, 1.54) is 17.8 Å². The van der Waals surface area contributed by atoms with E-state index < -0.39 is 6.04 Å². The number of hydrogen-bond donors (Lipinski definition) is 1. The molecule has 0 aliphatic heterocycles. The van der Waals surface area contributed by atoms with Crippen molar-refractivity contribution in [3.63, 3.8) is 0 Å². The third-order valence-electron chi connectivity index (χ3n) is 5.58. The zero-order chi connectivity index (χ0) is 22.2. The Morgan fingerprint density at radius 2 is 1.84 bits per heavy atom. The number of halogens is 2. The largest absolute Gasteiger partial charge is 0.352 e. The Kier molecular flexibility index (Phi) is 8.79. The van der Waals surface area contributed by atoms with Crippen LogP contribution in [0.2, 0.25) is 5.02 Å². The third-order valence-corrected chi connectivity index (χ3v) is 6.79. The van der Waals surface area contributed by atoms with Gasteiger partial charge in [0.1, 0.15) is 11.9 Å². The smallest absolute Gasteiger partial charge is 0.242 e. The summed E-state index contributed by atoms with van der Waals surface area (Å²) in [7, 11) is 0. The molecule has 2 amide bonds. The van der Waals surface area contributed by atoms with Crippen molar-refractivity contribution in [3.05, 3.63) is 70.5 Å². The van der Waals surface area contributed by atoms with Crippen molar-refractivity contribution >= 4 is 35.2 Å². The van der Waals surface area contributed by atoms with Gasteiger partial charge in [-0.25, -0.2) is 4.39 Å². The lowest BCUT2D eigenvalue weighted by Gasteiger charge is -2.29. The molecule has 2 aromatic carbocycles. The summed E-state index contributed by atoms with van der Waals surface area (Å²) in [6.07, 6.45) is 4.23. The fourth-order valence-electron chi connectivity index (χ4n) is 3.71. The van der Waals surface area contributed by atoms with Gasteiger partial charge in [0.15, 0.2) is 0 Å². The highest BCUT2D eigenvalue weighted by Crippen LogP contribution is 2.20. The molecule has 0 aromatic heterocycles. The van der Waals surface area contributed by atoms with Crippen LogP contribution in [0, 0.1) is 5.82 Å². The zero-order valence-electron chi connectivity index (χ0n) is 17.7. The summed E-state index contributed by atoms with van der Waals surface area (Å²) in [5.74, 6) is 0.0159. The molecule has 0 saturated heterocycles. The second-order valence-electron chi connectivity index (χ2n) is 7.90. The number of carbonyl (C=O) groups is 2. The molecule has 1 saturated carbocycles. The molecule has 166 valence electrons. The Labute approximate surface area is 192 Å². The van der Waals surface area contributed by atoms with Gasteiger partial charge in [-0.15, -0.1) is 11.8 Å². The molecular formula is C24H28ClFN2O2S. The predicted molar refractivity (Wildman–Crippen MR) is 124 cm³/mol. The lowest BCUT2D eigenvalue weighted by molar-refractivity contribution is -0.138. The predicted octanol–water partition coefficient (Wildman–Crippen LogP) is 5.19. The summed E-state index contributed by atoms with van der Waals surface area (Å²) in [5, 5.41) is 3.71. The minimum absolute atomic E-state index is 0.131. The van der Waals surface area contributed by atoms with Gasteiger partial charge in [0.25, 0.3) is 0 Å². The van der Waals surface area contributed by atoms with Crippen molar-refractivity contribution in [1.82, 2.24) is 10.2 Å². The van der Waals surface area contributed by atoms with Crippen LogP contribution >= 0.6 is 23.4 Å². The van der Waals surface area contributed by atoms with Crippen LogP contribution in [-0.4, -0.2) is 34.6 Å². The van der Waals surface area contributed by atoms with Gasteiger partial charge in [0, 0.05) is 23.4 Å². The molecule has 1 atom stereocenters. The van der Waals surface area contributed by atoms with Crippen molar-refractivity contribution in [2.24, 2.45) is 0 Å². The topological polar surface area (TPSA) is 49.4 Å². The molecule has 1 aliphatic carbocycles. The molecule has 2 aromatic rings. The van der Waals surface area contributed by atoms with Crippen molar-refractivity contribution in [2.45, 2.75) is 57.0 Å². The quantitative estimate of drug-likeness (QED) is 0.558. The first kappa shape index (κ1) is 23.6.